The zero-order chi connectivity index (χ0) is 18.7. The maximum absolute atomic E-state index is 12.3. The number of nitrogens with zero attached hydrogens (tertiary/aromatic N) is 4. The minimum absolute atomic E-state index is 0.0332. The van der Waals surface area contributed by atoms with Crippen molar-refractivity contribution in [2.45, 2.75) is 19.9 Å². The van der Waals surface area contributed by atoms with E-state index in [0.717, 1.165) is 5.56 Å². The number of hydrogen-bond acceptors (Lipinski definition) is 6. The van der Waals surface area contributed by atoms with E-state index in [9.17, 15) is 14.4 Å². The molecule has 0 aliphatic carbocycles. The van der Waals surface area contributed by atoms with Crippen molar-refractivity contribution in [1.82, 2.24) is 19.3 Å². The highest BCUT2D eigenvalue weighted by Gasteiger charge is 2.12. The van der Waals surface area contributed by atoms with E-state index in [1.54, 1.807) is 19.2 Å². The molecular formula is C18H18N4O4. The Morgan fingerprint density at radius 2 is 1.92 bits per heavy atom. The van der Waals surface area contributed by atoms with Gasteiger partial charge in [0, 0.05) is 19.2 Å². The highest BCUT2D eigenvalue weighted by molar-refractivity contribution is 5.97. The van der Waals surface area contributed by atoms with Crippen molar-refractivity contribution in [3.8, 4) is 0 Å². The van der Waals surface area contributed by atoms with Gasteiger partial charge in [-0.15, -0.1) is 0 Å². The summed E-state index contributed by atoms with van der Waals surface area (Å²) in [5.74, 6) is -0.822. The van der Waals surface area contributed by atoms with Crippen LogP contribution in [0.25, 0.3) is 11.0 Å². The van der Waals surface area contributed by atoms with E-state index in [-0.39, 0.29) is 30.9 Å². The lowest BCUT2D eigenvalue weighted by atomic mass is 10.1. The van der Waals surface area contributed by atoms with Crippen molar-refractivity contribution in [3.63, 3.8) is 0 Å². The number of aryl methyl sites for hydroxylation is 3. The lowest BCUT2D eigenvalue weighted by Gasteiger charge is -2.06. The molecule has 3 aromatic rings. The summed E-state index contributed by atoms with van der Waals surface area (Å²) in [7, 11) is 1.70. The summed E-state index contributed by atoms with van der Waals surface area (Å²) in [5.41, 5.74) is 1.75. The van der Waals surface area contributed by atoms with Crippen molar-refractivity contribution in [1.29, 1.82) is 0 Å². The van der Waals surface area contributed by atoms with Gasteiger partial charge in [-0.25, -0.2) is 4.98 Å². The first-order chi connectivity index (χ1) is 12.5. The molecule has 3 rings (SSSR count). The number of rotatable bonds is 6. The van der Waals surface area contributed by atoms with Gasteiger partial charge >= 0.3 is 5.97 Å². The van der Waals surface area contributed by atoms with Crippen LogP contribution in [0.2, 0.25) is 0 Å². The second-order valence-corrected chi connectivity index (χ2v) is 5.95. The van der Waals surface area contributed by atoms with Crippen LogP contribution >= 0.6 is 0 Å². The summed E-state index contributed by atoms with van der Waals surface area (Å²) < 4.78 is 7.83. The number of ether oxygens (including phenoxy) is 1. The molecule has 0 spiro atoms. The Labute approximate surface area is 149 Å². The van der Waals surface area contributed by atoms with E-state index in [1.165, 1.54) is 21.8 Å². The third-order valence-corrected chi connectivity index (χ3v) is 4.01. The Kier molecular flexibility index (Phi) is 4.92. The zero-order valence-corrected chi connectivity index (χ0v) is 14.5. The van der Waals surface area contributed by atoms with E-state index < -0.39 is 5.97 Å². The van der Waals surface area contributed by atoms with Crippen LogP contribution < -0.4 is 5.56 Å². The van der Waals surface area contributed by atoms with Gasteiger partial charge < -0.3 is 4.74 Å². The highest BCUT2D eigenvalue weighted by Crippen LogP contribution is 2.06. The van der Waals surface area contributed by atoms with Crippen LogP contribution in [0, 0.1) is 6.92 Å². The number of ketones is 1. The first-order valence-corrected chi connectivity index (χ1v) is 8.08. The van der Waals surface area contributed by atoms with Gasteiger partial charge in [0.1, 0.15) is 5.39 Å². The van der Waals surface area contributed by atoms with Crippen molar-refractivity contribution >= 4 is 22.8 Å². The third kappa shape index (κ3) is 3.69. The molecule has 2 aromatic heterocycles. The molecule has 0 saturated carbocycles. The van der Waals surface area contributed by atoms with Gasteiger partial charge in [0.15, 0.2) is 18.0 Å². The molecule has 0 N–H and O–H groups in total. The van der Waals surface area contributed by atoms with Crippen LogP contribution in [0.5, 0.6) is 0 Å². The molecule has 0 aliphatic rings. The van der Waals surface area contributed by atoms with Gasteiger partial charge in [0.25, 0.3) is 5.56 Å². The van der Waals surface area contributed by atoms with Crippen LogP contribution in [0.1, 0.15) is 22.3 Å². The average molecular weight is 354 g/mol. The number of carbonyl (C=O) groups is 2. The van der Waals surface area contributed by atoms with Gasteiger partial charge in [-0.1, -0.05) is 29.8 Å². The Morgan fingerprint density at radius 3 is 2.65 bits per heavy atom. The second kappa shape index (κ2) is 7.30. The van der Waals surface area contributed by atoms with Gasteiger partial charge in [0.2, 0.25) is 0 Å². The van der Waals surface area contributed by atoms with Crippen molar-refractivity contribution in [3.05, 3.63) is 58.3 Å². The topological polar surface area (TPSA) is 96.1 Å². The highest BCUT2D eigenvalue weighted by atomic mass is 16.5. The lowest BCUT2D eigenvalue weighted by molar-refractivity contribution is -0.142. The van der Waals surface area contributed by atoms with E-state index in [0.29, 0.717) is 16.6 Å². The van der Waals surface area contributed by atoms with Crippen LogP contribution in [-0.2, 0) is 23.1 Å². The number of esters is 1. The van der Waals surface area contributed by atoms with Gasteiger partial charge in [-0.2, -0.15) is 5.10 Å². The number of hydrogen-bond donors (Lipinski definition) is 0. The van der Waals surface area contributed by atoms with Crippen LogP contribution in [0.4, 0.5) is 0 Å². The van der Waals surface area contributed by atoms with Crippen molar-refractivity contribution < 1.29 is 14.3 Å². The smallest absolute Gasteiger partial charge is 0.308 e. The fraction of sp³-hybridized carbons (Fsp3) is 0.278. The van der Waals surface area contributed by atoms with Crippen molar-refractivity contribution in [2.75, 3.05) is 6.61 Å². The molecule has 2 heterocycles. The summed E-state index contributed by atoms with van der Waals surface area (Å²) in [4.78, 5) is 40.3. The number of carbonyl (C=O) groups excluding carboxylic acids is 2. The molecule has 0 atom stereocenters. The molecule has 134 valence electrons. The molecule has 8 heteroatoms. The predicted octanol–water partition coefficient (Wildman–Crippen LogP) is 1.25. The van der Waals surface area contributed by atoms with E-state index in [4.69, 9.17) is 4.74 Å². The van der Waals surface area contributed by atoms with Gasteiger partial charge in [0.05, 0.1) is 18.9 Å². The monoisotopic (exact) mass is 354 g/mol. The molecule has 1 aromatic carbocycles. The molecule has 0 aliphatic heterocycles. The molecule has 0 radical (unpaired) electrons. The maximum Gasteiger partial charge on any atom is 0.308 e. The molecule has 0 fully saturated rings. The minimum Gasteiger partial charge on any atom is -0.457 e. The fourth-order valence-electron chi connectivity index (χ4n) is 2.48. The normalized spacial score (nSPS) is 10.8. The number of benzene rings is 1. The molecule has 26 heavy (non-hydrogen) atoms. The minimum atomic E-state index is -0.552. The molecule has 0 amide bonds. The lowest BCUT2D eigenvalue weighted by Crippen LogP contribution is -2.23. The molecular weight excluding hydrogens is 336 g/mol. The van der Waals surface area contributed by atoms with E-state index >= 15 is 0 Å². The average Bonchev–Trinajstić information content (AvgIpc) is 3.01. The van der Waals surface area contributed by atoms with Crippen LogP contribution in [0.3, 0.4) is 0 Å². The zero-order valence-electron chi connectivity index (χ0n) is 14.5. The summed E-state index contributed by atoms with van der Waals surface area (Å²) in [6, 6.07) is 7.03. The Bertz CT molecular complexity index is 1020. The summed E-state index contributed by atoms with van der Waals surface area (Å²) in [6.07, 6.45) is 2.78. The molecule has 8 nitrogen and oxygen atoms in total. The standard InChI is InChI=1S/C18H18N4O4/c1-12-3-5-13(6-4-12)15(23)10-26-16(24)7-8-22-11-19-17-14(18(22)25)9-20-21(17)2/h3-6,9,11H,7-8,10H2,1-2H3. The Balaban J connectivity index is 1.56. The largest absolute Gasteiger partial charge is 0.457 e. The number of Topliss-reactive ketones (excluding diaryl/α,β-unsaturated/α-hetero) is 1. The second-order valence-electron chi connectivity index (χ2n) is 5.95. The maximum atomic E-state index is 12.3. The summed E-state index contributed by atoms with van der Waals surface area (Å²) in [6.45, 7) is 1.72. The first-order valence-electron chi connectivity index (χ1n) is 8.08. The number of aromatic nitrogens is 4. The van der Waals surface area contributed by atoms with E-state index in [2.05, 4.69) is 10.1 Å². The SMILES string of the molecule is Cc1ccc(C(=O)COC(=O)CCn2cnc3c(cnn3C)c2=O)cc1. The van der Waals surface area contributed by atoms with Gasteiger partial charge in [-0.05, 0) is 6.92 Å². The van der Waals surface area contributed by atoms with Crippen molar-refractivity contribution in [2.24, 2.45) is 7.05 Å². The third-order valence-electron chi connectivity index (χ3n) is 4.01. The van der Waals surface area contributed by atoms with Crippen LogP contribution in [0.15, 0.2) is 41.6 Å². The van der Waals surface area contributed by atoms with Gasteiger partial charge in [-0.3, -0.25) is 23.6 Å². The predicted molar refractivity (Wildman–Crippen MR) is 93.9 cm³/mol. The Morgan fingerprint density at radius 1 is 1.19 bits per heavy atom. The first kappa shape index (κ1) is 17.5. The molecule has 0 unspecified atom stereocenters. The Hall–Kier alpha value is -3.29. The summed E-state index contributed by atoms with van der Waals surface area (Å²) >= 11 is 0. The molecule has 0 saturated heterocycles. The quantitative estimate of drug-likeness (QED) is 0.488. The van der Waals surface area contributed by atoms with E-state index in [1.807, 2.05) is 19.1 Å². The van der Waals surface area contributed by atoms with Crippen LogP contribution in [-0.4, -0.2) is 37.7 Å². The summed E-state index contributed by atoms with van der Waals surface area (Å²) in [5, 5.41) is 4.37. The molecule has 0 bridgehead atoms. The fourth-order valence-corrected chi connectivity index (χ4v) is 2.48. The number of fused-ring (bicyclic) bond motifs is 1.